The molecule has 122 valence electrons. The van der Waals surface area contributed by atoms with Gasteiger partial charge in [-0.2, -0.15) is 0 Å². The summed E-state index contributed by atoms with van der Waals surface area (Å²) in [6.07, 6.45) is 3.63. The van der Waals surface area contributed by atoms with Gasteiger partial charge in [-0.15, -0.1) is 11.3 Å². The van der Waals surface area contributed by atoms with Crippen molar-refractivity contribution >= 4 is 17.2 Å². The lowest BCUT2D eigenvalue weighted by Crippen LogP contribution is -2.38. The van der Waals surface area contributed by atoms with Crippen LogP contribution >= 0.6 is 11.3 Å². The van der Waals surface area contributed by atoms with E-state index in [9.17, 15) is 4.79 Å². The molecule has 0 saturated carbocycles. The Bertz CT molecular complexity index is 803. The number of carbonyl (C=O) groups is 1. The minimum Gasteiger partial charge on any atom is -0.462 e. The van der Waals surface area contributed by atoms with Gasteiger partial charge in [0.25, 0.3) is 5.91 Å². The van der Waals surface area contributed by atoms with Crippen LogP contribution in [0.5, 0.6) is 0 Å². The number of aromatic nitrogens is 1. The average Bonchev–Trinajstić information content (AvgIpc) is 3.33. The van der Waals surface area contributed by atoms with Crippen molar-refractivity contribution in [3.05, 3.63) is 65.4 Å². The summed E-state index contributed by atoms with van der Waals surface area (Å²) in [5.41, 5.74) is 1.89. The van der Waals surface area contributed by atoms with E-state index < -0.39 is 0 Å². The van der Waals surface area contributed by atoms with Crippen LogP contribution in [0.3, 0.4) is 0 Å². The van der Waals surface area contributed by atoms with Crippen LogP contribution in [0.1, 0.15) is 34.8 Å². The molecule has 1 aliphatic rings. The van der Waals surface area contributed by atoms with Gasteiger partial charge in [-0.3, -0.25) is 4.79 Å². The van der Waals surface area contributed by atoms with Gasteiger partial charge in [-0.05, 0) is 36.5 Å². The zero-order valence-electron chi connectivity index (χ0n) is 13.2. The van der Waals surface area contributed by atoms with Crippen LogP contribution in [0.4, 0.5) is 0 Å². The predicted octanol–water partition coefficient (Wildman–Crippen LogP) is 4.42. The number of nitrogens with zero attached hydrogens (tertiary/aromatic N) is 2. The van der Waals surface area contributed by atoms with Gasteiger partial charge in [0.1, 0.15) is 5.69 Å². The summed E-state index contributed by atoms with van der Waals surface area (Å²) < 4.78 is 5.34. The molecule has 3 aromatic rings. The zero-order valence-corrected chi connectivity index (χ0v) is 14.0. The number of carbonyl (C=O) groups excluding carboxylic acids is 1. The highest BCUT2D eigenvalue weighted by atomic mass is 32.1. The van der Waals surface area contributed by atoms with E-state index in [2.05, 4.69) is 29.2 Å². The van der Waals surface area contributed by atoms with Crippen LogP contribution in [-0.4, -0.2) is 28.9 Å². The minimum atomic E-state index is 0.0237. The lowest BCUT2D eigenvalue weighted by molar-refractivity contribution is 0.0708. The maximum Gasteiger partial charge on any atom is 0.273 e. The molecule has 24 heavy (non-hydrogen) atoms. The first kappa shape index (κ1) is 15.1. The Hall–Kier alpha value is -2.40. The fourth-order valence-electron chi connectivity index (χ4n) is 3.19. The topological polar surface area (TPSA) is 46.3 Å². The third-order valence-corrected chi connectivity index (χ3v) is 5.37. The first-order valence-corrected chi connectivity index (χ1v) is 9.03. The standard InChI is InChI=1S/C19H18N2O2S/c22-19(16-13-24-18(20-16)17-7-4-12-23-17)21-10-8-15(9-11-21)14-5-2-1-3-6-14/h1-7,12-13,15H,8-11H2. The number of hydrogen-bond acceptors (Lipinski definition) is 4. The summed E-state index contributed by atoms with van der Waals surface area (Å²) in [4.78, 5) is 19.0. The summed E-state index contributed by atoms with van der Waals surface area (Å²) in [5, 5.41) is 2.58. The Balaban J connectivity index is 1.41. The van der Waals surface area contributed by atoms with E-state index in [0.29, 0.717) is 17.4 Å². The van der Waals surface area contributed by atoms with Gasteiger partial charge in [0.05, 0.1) is 6.26 Å². The maximum absolute atomic E-state index is 12.7. The van der Waals surface area contributed by atoms with E-state index in [-0.39, 0.29) is 5.91 Å². The smallest absolute Gasteiger partial charge is 0.273 e. The Morgan fingerprint density at radius 1 is 1.12 bits per heavy atom. The van der Waals surface area contributed by atoms with Crippen LogP contribution in [-0.2, 0) is 0 Å². The average molecular weight is 338 g/mol. The van der Waals surface area contributed by atoms with Crippen molar-refractivity contribution in [2.24, 2.45) is 0 Å². The first-order chi connectivity index (χ1) is 11.8. The van der Waals surface area contributed by atoms with Gasteiger partial charge in [-0.1, -0.05) is 30.3 Å². The van der Waals surface area contributed by atoms with Crippen molar-refractivity contribution in [2.75, 3.05) is 13.1 Å². The highest BCUT2D eigenvalue weighted by Gasteiger charge is 2.26. The molecule has 4 nitrogen and oxygen atoms in total. The molecule has 3 heterocycles. The Morgan fingerprint density at radius 2 is 1.92 bits per heavy atom. The lowest BCUT2D eigenvalue weighted by atomic mass is 9.89. The SMILES string of the molecule is O=C(c1csc(-c2ccco2)n1)N1CCC(c2ccccc2)CC1. The van der Waals surface area contributed by atoms with E-state index in [1.165, 1.54) is 16.9 Å². The van der Waals surface area contributed by atoms with Crippen LogP contribution in [0.25, 0.3) is 10.8 Å². The molecule has 1 amide bonds. The van der Waals surface area contributed by atoms with E-state index in [1.807, 2.05) is 28.5 Å². The van der Waals surface area contributed by atoms with Crippen molar-refractivity contribution in [3.63, 3.8) is 0 Å². The molecule has 1 saturated heterocycles. The summed E-state index contributed by atoms with van der Waals surface area (Å²) in [7, 11) is 0. The summed E-state index contributed by atoms with van der Waals surface area (Å²) in [6.45, 7) is 1.57. The third-order valence-electron chi connectivity index (χ3n) is 4.51. The largest absolute Gasteiger partial charge is 0.462 e. The van der Waals surface area contributed by atoms with Crippen LogP contribution in [0.2, 0.25) is 0 Å². The first-order valence-electron chi connectivity index (χ1n) is 8.15. The third kappa shape index (κ3) is 2.99. The molecule has 0 N–H and O–H groups in total. The van der Waals surface area contributed by atoms with Gasteiger partial charge in [-0.25, -0.2) is 4.98 Å². The second-order valence-corrected chi connectivity index (χ2v) is 6.85. The van der Waals surface area contributed by atoms with Crippen molar-refractivity contribution in [1.82, 2.24) is 9.88 Å². The zero-order chi connectivity index (χ0) is 16.4. The molecule has 1 fully saturated rings. The highest BCUT2D eigenvalue weighted by molar-refractivity contribution is 7.13. The molecule has 0 unspecified atom stereocenters. The highest BCUT2D eigenvalue weighted by Crippen LogP contribution is 2.29. The molecular weight excluding hydrogens is 320 g/mol. The number of piperidine rings is 1. The monoisotopic (exact) mass is 338 g/mol. The number of benzene rings is 1. The Labute approximate surface area is 144 Å². The van der Waals surface area contributed by atoms with Crippen LogP contribution in [0.15, 0.2) is 58.5 Å². The normalized spacial score (nSPS) is 15.6. The van der Waals surface area contributed by atoms with Gasteiger partial charge >= 0.3 is 0 Å². The second kappa shape index (κ2) is 6.61. The van der Waals surface area contributed by atoms with Crippen LogP contribution < -0.4 is 0 Å². The molecule has 0 bridgehead atoms. The molecular formula is C19H18N2O2S. The summed E-state index contributed by atoms with van der Waals surface area (Å²) >= 11 is 1.44. The number of amides is 1. The summed E-state index contributed by atoms with van der Waals surface area (Å²) in [6, 6.07) is 14.2. The van der Waals surface area contributed by atoms with E-state index in [1.54, 1.807) is 6.26 Å². The van der Waals surface area contributed by atoms with E-state index >= 15 is 0 Å². The molecule has 0 aliphatic carbocycles. The van der Waals surface area contributed by atoms with Crippen molar-refractivity contribution in [1.29, 1.82) is 0 Å². The number of thiazole rings is 1. The second-order valence-electron chi connectivity index (χ2n) is 5.99. The molecule has 0 atom stereocenters. The maximum atomic E-state index is 12.7. The van der Waals surface area contributed by atoms with Crippen LogP contribution in [0, 0.1) is 0 Å². The molecule has 2 aromatic heterocycles. The van der Waals surface area contributed by atoms with Crippen molar-refractivity contribution in [2.45, 2.75) is 18.8 Å². The van der Waals surface area contributed by atoms with Gasteiger partial charge < -0.3 is 9.32 Å². The number of likely N-dealkylation sites (tertiary alicyclic amines) is 1. The number of rotatable bonds is 3. The quantitative estimate of drug-likeness (QED) is 0.710. The minimum absolute atomic E-state index is 0.0237. The van der Waals surface area contributed by atoms with E-state index in [0.717, 1.165) is 30.9 Å². The fourth-order valence-corrected chi connectivity index (χ4v) is 3.95. The molecule has 4 rings (SSSR count). The molecule has 0 radical (unpaired) electrons. The van der Waals surface area contributed by atoms with Crippen molar-refractivity contribution < 1.29 is 9.21 Å². The Kier molecular flexibility index (Phi) is 4.17. The van der Waals surface area contributed by atoms with Crippen molar-refractivity contribution in [3.8, 4) is 10.8 Å². The number of hydrogen-bond donors (Lipinski definition) is 0. The van der Waals surface area contributed by atoms with E-state index in [4.69, 9.17) is 4.42 Å². The molecule has 1 aliphatic heterocycles. The van der Waals surface area contributed by atoms with Gasteiger partial charge in [0, 0.05) is 18.5 Å². The summed E-state index contributed by atoms with van der Waals surface area (Å²) in [5.74, 6) is 1.28. The lowest BCUT2D eigenvalue weighted by Gasteiger charge is -2.31. The molecule has 5 heteroatoms. The number of furan rings is 1. The van der Waals surface area contributed by atoms with Gasteiger partial charge in [0.15, 0.2) is 10.8 Å². The van der Waals surface area contributed by atoms with Gasteiger partial charge in [0.2, 0.25) is 0 Å². The molecule has 0 spiro atoms. The Morgan fingerprint density at radius 3 is 2.62 bits per heavy atom. The fraction of sp³-hybridized carbons (Fsp3) is 0.263. The molecule has 1 aromatic carbocycles. The predicted molar refractivity (Wildman–Crippen MR) is 94.1 cm³/mol.